The van der Waals surface area contributed by atoms with E-state index in [-0.39, 0.29) is 5.91 Å². The third-order valence-corrected chi connectivity index (χ3v) is 6.37. The smallest absolute Gasteiger partial charge is 0.235 e. The summed E-state index contributed by atoms with van der Waals surface area (Å²) in [5.74, 6) is -0.131. The Labute approximate surface area is 188 Å². The summed E-state index contributed by atoms with van der Waals surface area (Å²) >= 11 is 14.0. The maximum atomic E-state index is 13.5. The first-order valence-corrected chi connectivity index (χ1v) is 11.3. The van der Waals surface area contributed by atoms with Gasteiger partial charge in [-0.1, -0.05) is 47.1 Å². The molecule has 4 rings (SSSR count). The second kappa shape index (κ2) is 8.93. The molecule has 1 fully saturated rings. The highest BCUT2D eigenvalue weighted by Gasteiger charge is 2.43. The molecule has 0 radical (unpaired) electrons. The zero-order valence-electron chi connectivity index (χ0n) is 16.1. The molecule has 156 valence electrons. The van der Waals surface area contributed by atoms with Crippen LogP contribution in [0.5, 0.6) is 0 Å². The normalized spacial score (nSPS) is 15.7. The molecule has 1 saturated heterocycles. The fourth-order valence-electron chi connectivity index (χ4n) is 3.65. The van der Waals surface area contributed by atoms with E-state index in [0.717, 1.165) is 11.3 Å². The van der Waals surface area contributed by atoms with Crippen LogP contribution >= 0.6 is 35.0 Å². The lowest BCUT2D eigenvalue weighted by atomic mass is 9.73. The number of benzene rings is 2. The van der Waals surface area contributed by atoms with E-state index in [4.69, 9.17) is 27.9 Å². The second-order valence-corrected chi connectivity index (χ2v) is 8.52. The minimum Gasteiger partial charge on any atom is -0.381 e. The summed E-state index contributed by atoms with van der Waals surface area (Å²) in [5, 5.41) is 16.4. The van der Waals surface area contributed by atoms with Crippen molar-refractivity contribution in [3.8, 4) is 5.69 Å². The van der Waals surface area contributed by atoms with Gasteiger partial charge in [-0.25, -0.2) is 0 Å². The van der Waals surface area contributed by atoms with Crippen molar-refractivity contribution >= 4 is 46.6 Å². The molecule has 3 aromatic rings. The standard InChI is InChI=1S/C20H19Cl2N5O2S/c1-30-19-24-25-26-27(19)15-4-2-3-14(12-15)23-18(28)20(7-9-29-10-8-20)16-6-5-13(21)11-17(16)22/h2-6,11-12H,7-10H2,1H3,(H,23,28). The first-order valence-electron chi connectivity index (χ1n) is 9.31. The molecule has 10 heteroatoms. The molecule has 1 aromatic heterocycles. The minimum atomic E-state index is -0.796. The van der Waals surface area contributed by atoms with Crippen LogP contribution in [-0.4, -0.2) is 45.6 Å². The maximum Gasteiger partial charge on any atom is 0.235 e. The molecule has 0 bridgehead atoms. The first-order chi connectivity index (χ1) is 14.5. The Kier molecular flexibility index (Phi) is 6.29. The van der Waals surface area contributed by atoms with Crippen molar-refractivity contribution in [3.05, 3.63) is 58.1 Å². The van der Waals surface area contributed by atoms with Crippen LogP contribution in [-0.2, 0) is 14.9 Å². The predicted molar refractivity (Wildman–Crippen MR) is 118 cm³/mol. The van der Waals surface area contributed by atoms with E-state index in [1.165, 1.54) is 11.8 Å². The molecule has 1 aliphatic rings. The Morgan fingerprint density at radius 1 is 1.20 bits per heavy atom. The number of aromatic nitrogens is 4. The van der Waals surface area contributed by atoms with Crippen LogP contribution in [0.15, 0.2) is 47.6 Å². The van der Waals surface area contributed by atoms with E-state index in [1.54, 1.807) is 16.8 Å². The molecule has 7 nitrogen and oxygen atoms in total. The van der Waals surface area contributed by atoms with Gasteiger partial charge in [0.15, 0.2) is 0 Å². The lowest BCUT2D eigenvalue weighted by Crippen LogP contribution is -2.45. The molecule has 0 saturated carbocycles. The molecule has 1 aliphatic heterocycles. The fraction of sp³-hybridized carbons (Fsp3) is 0.300. The number of carbonyl (C=O) groups is 1. The number of tetrazole rings is 1. The Balaban J connectivity index is 1.66. The number of carbonyl (C=O) groups excluding carboxylic acids is 1. The number of nitrogens with zero attached hydrogens (tertiary/aromatic N) is 4. The van der Waals surface area contributed by atoms with Gasteiger partial charge < -0.3 is 10.1 Å². The SMILES string of the molecule is CSc1nnnn1-c1cccc(NC(=O)C2(c3ccc(Cl)cc3Cl)CCOCC2)c1. The van der Waals surface area contributed by atoms with Crippen LogP contribution < -0.4 is 5.32 Å². The summed E-state index contributed by atoms with van der Waals surface area (Å²) < 4.78 is 7.15. The number of hydrogen-bond donors (Lipinski definition) is 1. The predicted octanol–water partition coefficient (Wildman–Crippen LogP) is 4.38. The maximum absolute atomic E-state index is 13.5. The first kappa shape index (κ1) is 21.1. The zero-order chi connectivity index (χ0) is 21.1. The molecular formula is C20H19Cl2N5O2S. The van der Waals surface area contributed by atoms with Crippen LogP contribution in [0.25, 0.3) is 5.69 Å². The largest absolute Gasteiger partial charge is 0.381 e. The molecule has 30 heavy (non-hydrogen) atoms. The van der Waals surface area contributed by atoms with Gasteiger partial charge >= 0.3 is 0 Å². The summed E-state index contributed by atoms with van der Waals surface area (Å²) in [7, 11) is 0. The van der Waals surface area contributed by atoms with E-state index in [1.807, 2.05) is 36.6 Å². The number of rotatable bonds is 5. The molecule has 1 N–H and O–H groups in total. The lowest BCUT2D eigenvalue weighted by molar-refractivity contribution is -0.125. The van der Waals surface area contributed by atoms with Crippen molar-refractivity contribution in [1.29, 1.82) is 0 Å². The monoisotopic (exact) mass is 463 g/mol. The average molecular weight is 464 g/mol. The van der Waals surface area contributed by atoms with Crippen LogP contribution in [0.2, 0.25) is 10.0 Å². The van der Waals surface area contributed by atoms with Crippen LogP contribution in [0.4, 0.5) is 5.69 Å². The highest BCUT2D eigenvalue weighted by atomic mass is 35.5. The van der Waals surface area contributed by atoms with Gasteiger partial charge in [-0.05, 0) is 65.4 Å². The minimum absolute atomic E-state index is 0.131. The van der Waals surface area contributed by atoms with Gasteiger partial charge in [-0.2, -0.15) is 4.68 Å². The lowest BCUT2D eigenvalue weighted by Gasteiger charge is -2.36. The Morgan fingerprint density at radius 2 is 2.00 bits per heavy atom. The molecule has 0 unspecified atom stereocenters. The Hall–Kier alpha value is -2.13. The number of anilines is 1. The summed E-state index contributed by atoms with van der Waals surface area (Å²) in [5.41, 5.74) is 1.37. The van der Waals surface area contributed by atoms with Crippen molar-refractivity contribution < 1.29 is 9.53 Å². The molecule has 0 aliphatic carbocycles. The number of halogens is 2. The van der Waals surface area contributed by atoms with Gasteiger partial charge in [0.25, 0.3) is 0 Å². The van der Waals surface area contributed by atoms with Gasteiger partial charge in [0.1, 0.15) is 0 Å². The van der Waals surface area contributed by atoms with Crippen molar-refractivity contribution in [2.75, 3.05) is 24.8 Å². The van der Waals surface area contributed by atoms with E-state index in [9.17, 15) is 4.79 Å². The summed E-state index contributed by atoms with van der Waals surface area (Å²) in [6.45, 7) is 0.961. The van der Waals surface area contributed by atoms with E-state index < -0.39 is 5.41 Å². The van der Waals surface area contributed by atoms with Gasteiger partial charge in [-0.3, -0.25) is 4.79 Å². The van der Waals surface area contributed by atoms with Gasteiger partial charge in [0, 0.05) is 28.9 Å². The fourth-order valence-corrected chi connectivity index (χ4v) is 4.67. The molecule has 0 spiro atoms. The van der Waals surface area contributed by atoms with Gasteiger partial charge in [-0.15, -0.1) is 5.10 Å². The summed E-state index contributed by atoms with van der Waals surface area (Å²) in [4.78, 5) is 13.5. The van der Waals surface area contributed by atoms with Crippen LogP contribution in [0.1, 0.15) is 18.4 Å². The van der Waals surface area contributed by atoms with E-state index in [2.05, 4.69) is 20.8 Å². The topological polar surface area (TPSA) is 81.9 Å². The van der Waals surface area contributed by atoms with E-state index >= 15 is 0 Å². The summed E-state index contributed by atoms with van der Waals surface area (Å²) in [6.07, 6.45) is 2.96. The van der Waals surface area contributed by atoms with Crippen LogP contribution in [0, 0.1) is 0 Å². The number of ether oxygens (including phenoxy) is 1. The van der Waals surface area contributed by atoms with Crippen molar-refractivity contribution in [2.45, 2.75) is 23.4 Å². The van der Waals surface area contributed by atoms with Crippen molar-refractivity contribution in [1.82, 2.24) is 20.2 Å². The molecular weight excluding hydrogens is 445 g/mol. The molecule has 2 heterocycles. The van der Waals surface area contributed by atoms with Crippen molar-refractivity contribution in [2.24, 2.45) is 0 Å². The van der Waals surface area contributed by atoms with Gasteiger partial charge in [0.2, 0.25) is 11.1 Å². The Morgan fingerprint density at radius 3 is 2.73 bits per heavy atom. The third-order valence-electron chi connectivity index (χ3n) is 5.20. The third kappa shape index (κ3) is 4.05. The number of nitrogens with one attached hydrogen (secondary N) is 1. The highest BCUT2D eigenvalue weighted by molar-refractivity contribution is 7.98. The van der Waals surface area contributed by atoms with Crippen LogP contribution in [0.3, 0.4) is 0 Å². The number of hydrogen-bond acceptors (Lipinski definition) is 6. The van der Waals surface area contributed by atoms with E-state index in [0.29, 0.717) is 46.9 Å². The van der Waals surface area contributed by atoms with Gasteiger partial charge in [0.05, 0.1) is 11.1 Å². The average Bonchev–Trinajstić information content (AvgIpc) is 3.23. The quantitative estimate of drug-likeness (QED) is 0.565. The zero-order valence-corrected chi connectivity index (χ0v) is 18.5. The molecule has 1 amide bonds. The number of thioether (sulfide) groups is 1. The summed E-state index contributed by atoms with van der Waals surface area (Å²) in [6, 6.07) is 12.7. The molecule has 2 aromatic carbocycles. The number of amides is 1. The second-order valence-electron chi connectivity index (χ2n) is 6.90. The molecule has 0 atom stereocenters. The highest BCUT2D eigenvalue weighted by Crippen LogP contribution is 2.40. The van der Waals surface area contributed by atoms with Crippen molar-refractivity contribution in [3.63, 3.8) is 0 Å². The Bertz CT molecular complexity index is 1070.